The third kappa shape index (κ3) is 5.27. The molecule has 2 aromatic rings. The number of aliphatic carboxylic acids is 1. The van der Waals surface area contributed by atoms with E-state index in [0.29, 0.717) is 28.5 Å². The summed E-state index contributed by atoms with van der Waals surface area (Å²) in [6, 6.07) is 11.9. The first kappa shape index (κ1) is 18.9. The van der Waals surface area contributed by atoms with E-state index >= 15 is 0 Å². The third-order valence-corrected chi connectivity index (χ3v) is 3.35. The Hall–Kier alpha value is -3.48. The predicted molar refractivity (Wildman–Crippen MR) is 96.8 cm³/mol. The van der Waals surface area contributed by atoms with Crippen molar-refractivity contribution < 1.29 is 28.9 Å². The maximum Gasteiger partial charge on any atom is 0.328 e. The maximum absolute atomic E-state index is 12.1. The summed E-state index contributed by atoms with van der Waals surface area (Å²) < 4.78 is 15.9. The highest BCUT2D eigenvalue weighted by atomic mass is 16.5. The van der Waals surface area contributed by atoms with Gasteiger partial charge >= 0.3 is 5.97 Å². The maximum atomic E-state index is 12.1. The van der Waals surface area contributed by atoms with Crippen LogP contribution >= 0.6 is 0 Å². The van der Waals surface area contributed by atoms with E-state index in [1.54, 1.807) is 42.5 Å². The highest BCUT2D eigenvalue weighted by Crippen LogP contribution is 2.29. The number of para-hydroxylation sites is 2. The van der Waals surface area contributed by atoms with Crippen molar-refractivity contribution in [2.24, 2.45) is 0 Å². The van der Waals surface area contributed by atoms with Gasteiger partial charge in [0.25, 0.3) is 5.91 Å². The summed E-state index contributed by atoms with van der Waals surface area (Å²) in [7, 11) is 2.98. The Labute approximate surface area is 150 Å². The molecule has 0 saturated carbocycles. The predicted octanol–water partition coefficient (Wildman–Crippen LogP) is 2.82. The van der Waals surface area contributed by atoms with Gasteiger partial charge in [0.2, 0.25) is 0 Å². The van der Waals surface area contributed by atoms with Crippen LogP contribution in [0, 0.1) is 0 Å². The number of ether oxygens (including phenoxy) is 3. The number of hydrogen-bond acceptors (Lipinski definition) is 5. The van der Waals surface area contributed by atoms with Crippen LogP contribution in [0.4, 0.5) is 5.69 Å². The molecule has 0 aliphatic heterocycles. The highest BCUT2D eigenvalue weighted by Gasteiger charge is 2.10. The number of carboxylic acid groups (broad SMARTS) is 1. The quantitative estimate of drug-likeness (QED) is 0.706. The van der Waals surface area contributed by atoms with Gasteiger partial charge in [-0.3, -0.25) is 4.79 Å². The lowest BCUT2D eigenvalue weighted by Gasteiger charge is -2.12. The lowest BCUT2D eigenvalue weighted by molar-refractivity contribution is -0.131. The van der Waals surface area contributed by atoms with Crippen LogP contribution in [-0.2, 0) is 9.59 Å². The number of rotatable bonds is 8. The average molecular weight is 357 g/mol. The number of anilines is 1. The number of methoxy groups -OCH3 is 2. The summed E-state index contributed by atoms with van der Waals surface area (Å²) in [5.74, 6) is -0.0884. The molecule has 0 fully saturated rings. The van der Waals surface area contributed by atoms with Crippen molar-refractivity contribution in [2.75, 3.05) is 26.1 Å². The first-order valence-electron chi connectivity index (χ1n) is 7.68. The van der Waals surface area contributed by atoms with Gasteiger partial charge in [-0.15, -0.1) is 0 Å². The number of benzene rings is 2. The minimum Gasteiger partial charge on any atom is -0.495 e. The van der Waals surface area contributed by atoms with Crippen LogP contribution in [0.3, 0.4) is 0 Å². The Balaban J connectivity index is 2.02. The second-order valence-corrected chi connectivity index (χ2v) is 5.12. The third-order valence-electron chi connectivity index (χ3n) is 3.35. The molecular formula is C19H19NO6. The van der Waals surface area contributed by atoms with Crippen LogP contribution in [0.25, 0.3) is 6.08 Å². The molecule has 0 heterocycles. The van der Waals surface area contributed by atoms with Gasteiger partial charge in [-0.25, -0.2) is 4.79 Å². The number of carboxylic acids is 1. The first-order chi connectivity index (χ1) is 12.5. The molecule has 1 amide bonds. The van der Waals surface area contributed by atoms with Crippen molar-refractivity contribution in [1.29, 1.82) is 0 Å². The van der Waals surface area contributed by atoms with Gasteiger partial charge in [0.1, 0.15) is 5.75 Å². The molecule has 0 spiro atoms. The molecule has 2 N–H and O–H groups in total. The van der Waals surface area contributed by atoms with E-state index in [2.05, 4.69) is 5.32 Å². The van der Waals surface area contributed by atoms with Crippen molar-refractivity contribution in [1.82, 2.24) is 0 Å². The summed E-state index contributed by atoms with van der Waals surface area (Å²) in [6.45, 7) is -0.223. The molecule has 0 aliphatic carbocycles. The molecule has 2 aromatic carbocycles. The molecular weight excluding hydrogens is 338 g/mol. The zero-order valence-electron chi connectivity index (χ0n) is 14.4. The minimum atomic E-state index is -1.04. The van der Waals surface area contributed by atoms with Crippen LogP contribution < -0.4 is 19.5 Å². The Morgan fingerprint density at radius 2 is 1.77 bits per heavy atom. The standard InChI is InChI=1S/C19H19NO6/c1-24-15-6-4-3-5-14(15)20-18(21)12-26-16-9-7-13(8-10-19(22)23)11-17(16)25-2/h3-11H,12H2,1-2H3,(H,20,21)(H,22,23). The van der Waals surface area contributed by atoms with E-state index in [0.717, 1.165) is 6.08 Å². The molecule has 0 atom stereocenters. The molecule has 7 nitrogen and oxygen atoms in total. The zero-order chi connectivity index (χ0) is 18.9. The zero-order valence-corrected chi connectivity index (χ0v) is 14.4. The Kier molecular flexibility index (Phi) is 6.61. The average Bonchev–Trinajstić information content (AvgIpc) is 2.65. The van der Waals surface area contributed by atoms with Gasteiger partial charge < -0.3 is 24.6 Å². The number of hydrogen-bond donors (Lipinski definition) is 2. The summed E-state index contributed by atoms with van der Waals surface area (Å²) in [5.41, 5.74) is 1.18. The van der Waals surface area contributed by atoms with Crippen molar-refractivity contribution in [3.05, 3.63) is 54.1 Å². The van der Waals surface area contributed by atoms with Crippen LogP contribution in [0.15, 0.2) is 48.5 Å². The highest BCUT2D eigenvalue weighted by molar-refractivity contribution is 5.93. The summed E-state index contributed by atoms with van der Waals surface area (Å²) in [5, 5.41) is 11.4. The first-order valence-corrected chi connectivity index (χ1v) is 7.68. The van der Waals surface area contributed by atoms with Crippen LogP contribution in [0.1, 0.15) is 5.56 Å². The van der Waals surface area contributed by atoms with E-state index in [1.165, 1.54) is 20.3 Å². The summed E-state index contributed by atoms with van der Waals surface area (Å²) >= 11 is 0. The van der Waals surface area contributed by atoms with Crippen LogP contribution in [0.2, 0.25) is 0 Å². The molecule has 0 saturated heterocycles. The van der Waals surface area contributed by atoms with E-state index < -0.39 is 5.97 Å². The molecule has 0 bridgehead atoms. The number of nitrogens with one attached hydrogen (secondary N) is 1. The fourth-order valence-corrected chi connectivity index (χ4v) is 2.15. The SMILES string of the molecule is COc1ccccc1NC(=O)COc1ccc(C=CC(=O)O)cc1OC. The van der Waals surface area contributed by atoms with Gasteiger partial charge in [0.05, 0.1) is 19.9 Å². The fraction of sp³-hybridized carbons (Fsp3) is 0.158. The molecule has 0 unspecified atom stereocenters. The molecule has 0 aliphatic rings. The number of amides is 1. The molecule has 26 heavy (non-hydrogen) atoms. The molecule has 2 rings (SSSR count). The van der Waals surface area contributed by atoms with E-state index in [4.69, 9.17) is 19.3 Å². The largest absolute Gasteiger partial charge is 0.495 e. The molecule has 7 heteroatoms. The van der Waals surface area contributed by atoms with Crippen molar-refractivity contribution in [2.45, 2.75) is 0 Å². The number of carbonyl (C=O) groups excluding carboxylic acids is 1. The Morgan fingerprint density at radius 1 is 1.04 bits per heavy atom. The Bertz CT molecular complexity index is 815. The van der Waals surface area contributed by atoms with E-state index in [1.807, 2.05) is 0 Å². The van der Waals surface area contributed by atoms with Gasteiger partial charge in [0, 0.05) is 6.08 Å². The normalized spacial score (nSPS) is 10.4. The van der Waals surface area contributed by atoms with Crippen LogP contribution in [0.5, 0.6) is 17.2 Å². The lowest BCUT2D eigenvalue weighted by atomic mass is 10.2. The van der Waals surface area contributed by atoms with Gasteiger partial charge in [0.15, 0.2) is 18.1 Å². The summed E-state index contributed by atoms with van der Waals surface area (Å²) in [4.78, 5) is 22.7. The van der Waals surface area contributed by atoms with Gasteiger partial charge in [-0.1, -0.05) is 18.2 Å². The summed E-state index contributed by atoms with van der Waals surface area (Å²) in [6.07, 6.45) is 2.46. The molecule has 136 valence electrons. The van der Waals surface area contributed by atoms with E-state index in [9.17, 15) is 9.59 Å². The van der Waals surface area contributed by atoms with Crippen molar-refractivity contribution in [3.8, 4) is 17.2 Å². The van der Waals surface area contributed by atoms with E-state index in [-0.39, 0.29) is 12.5 Å². The Morgan fingerprint density at radius 3 is 2.46 bits per heavy atom. The second kappa shape index (κ2) is 9.12. The fourth-order valence-electron chi connectivity index (χ4n) is 2.15. The monoisotopic (exact) mass is 357 g/mol. The lowest BCUT2D eigenvalue weighted by Crippen LogP contribution is -2.20. The smallest absolute Gasteiger partial charge is 0.328 e. The molecule has 0 radical (unpaired) electrons. The topological polar surface area (TPSA) is 94.1 Å². The molecule has 0 aromatic heterocycles. The van der Waals surface area contributed by atoms with Crippen LogP contribution in [-0.4, -0.2) is 37.8 Å². The second-order valence-electron chi connectivity index (χ2n) is 5.12. The minimum absolute atomic E-state index is 0.223. The van der Waals surface area contributed by atoms with Gasteiger partial charge in [-0.05, 0) is 35.9 Å². The van der Waals surface area contributed by atoms with Gasteiger partial charge in [-0.2, -0.15) is 0 Å². The van der Waals surface area contributed by atoms with Crippen molar-refractivity contribution in [3.63, 3.8) is 0 Å². The van der Waals surface area contributed by atoms with Crippen molar-refractivity contribution >= 4 is 23.6 Å². The number of carbonyl (C=O) groups is 2.